The van der Waals surface area contributed by atoms with Crippen LogP contribution in [0.3, 0.4) is 0 Å². The molecule has 0 heterocycles. The average Bonchev–Trinajstić information content (AvgIpc) is 3.34. The van der Waals surface area contributed by atoms with Gasteiger partial charge < -0.3 is 14.2 Å². The molecule has 0 radical (unpaired) electrons. The first kappa shape index (κ1) is 65.3. The first-order valence-electron chi connectivity index (χ1n) is 29.5. The number of ether oxygens (including phenoxy) is 3. The number of allylic oxidation sites excluding steroid dienone is 12. The monoisotopic (exact) mass is 949 g/mol. The van der Waals surface area contributed by atoms with Crippen LogP contribution in [0.1, 0.15) is 290 Å². The normalized spacial score (nSPS) is 12.7. The van der Waals surface area contributed by atoms with Crippen molar-refractivity contribution in [1.82, 2.24) is 0 Å². The number of esters is 2. The van der Waals surface area contributed by atoms with Crippen molar-refractivity contribution in [3.63, 3.8) is 0 Å². The van der Waals surface area contributed by atoms with Crippen molar-refractivity contribution in [3.8, 4) is 0 Å². The minimum Gasteiger partial charge on any atom is -0.462 e. The Kier molecular flexibility index (Phi) is 56.4. The summed E-state index contributed by atoms with van der Waals surface area (Å²) in [6.07, 6.45) is 76.3. The second-order valence-electron chi connectivity index (χ2n) is 19.5. The number of hydrogen-bond donors (Lipinski definition) is 0. The van der Waals surface area contributed by atoms with Gasteiger partial charge in [-0.05, 0) is 96.3 Å². The average molecular weight is 950 g/mol. The first-order chi connectivity index (χ1) is 33.6. The fourth-order valence-electron chi connectivity index (χ4n) is 8.29. The minimum absolute atomic E-state index is 0.0687. The van der Waals surface area contributed by atoms with Crippen molar-refractivity contribution in [2.45, 2.75) is 297 Å². The van der Waals surface area contributed by atoms with Gasteiger partial charge in [0, 0.05) is 19.4 Å². The predicted molar refractivity (Wildman–Crippen MR) is 297 cm³/mol. The Morgan fingerprint density at radius 1 is 0.324 bits per heavy atom. The lowest BCUT2D eigenvalue weighted by Gasteiger charge is -2.18. The lowest BCUT2D eigenvalue weighted by Crippen LogP contribution is -2.30. The van der Waals surface area contributed by atoms with Crippen LogP contribution in [0.2, 0.25) is 0 Å². The molecule has 0 N–H and O–H groups in total. The number of unbranched alkanes of at least 4 members (excludes halogenated alkanes) is 31. The molecule has 0 aliphatic carbocycles. The van der Waals surface area contributed by atoms with Crippen LogP contribution < -0.4 is 0 Å². The van der Waals surface area contributed by atoms with Gasteiger partial charge in [0.2, 0.25) is 0 Å². The number of carbonyl (C=O) groups is 2. The second kappa shape index (κ2) is 58.7. The van der Waals surface area contributed by atoms with E-state index in [9.17, 15) is 9.59 Å². The maximum atomic E-state index is 12.9. The molecule has 0 aromatic heterocycles. The minimum atomic E-state index is -0.557. The Hall–Kier alpha value is -2.66. The van der Waals surface area contributed by atoms with E-state index < -0.39 is 6.10 Å². The molecule has 0 aliphatic heterocycles. The van der Waals surface area contributed by atoms with Crippen LogP contribution in [0.5, 0.6) is 0 Å². The van der Waals surface area contributed by atoms with Crippen LogP contribution in [0.15, 0.2) is 72.9 Å². The molecular formula is C63H112O5. The molecule has 5 nitrogen and oxygen atoms in total. The largest absolute Gasteiger partial charge is 0.462 e. The molecule has 0 bridgehead atoms. The fraction of sp³-hybridized carbons (Fsp3) is 0.778. The van der Waals surface area contributed by atoms with Crippen LogP contribution in [0, 0.1) is 0 Å². The summed E-state index contributed by atoms with van der Waals surface area (Å²) in [5, 5.41) is 0. The van der Waals surface area contributed by atoms with Crippen LogP contribution in [-0.4, -0.2) is 37.9 Å². The van der Waals surface area contributed by atoms with E-state index in [4.69, 9.17) is 14.2 Å². The summed E-state index contributed by atoms with van der Waals surface area (Å²) >= 11 is 0. The number of rotatable bonds is 54. The molecule has 68 heavy (non-hydrogen) atoms. The van der Waals surface area contributed by atoms with Gasteiger partial charge >= 0.3 is 11.9 Å². The van der Waals surface area contributed by atoms with E-state index in [-0.39, 0.29) is 25.2 Å². The first-order valence-corrected chi connectivity index (χ1v) is 29.5. The van der Waals surface area contributed by atoms with Crippen molar-refractivity contribution in [2.24, 2.45) is 0 Å². The Balaban J connectivity index is 4.34. The third-order valence-corrected chi connectivity index (χ3v) is 12.7. The zero-order chi connectivity index (χ0) is 49.2. The molecule has 0 amide bonds. The molecule has 0 aromatic rings. The summed E-state index contributed by atoms with van der Waals surface area (Å²) in [4.78, 5) is 25.5. The van der Waals surface area contributed by atoms with Gasteiger partial charge in [-0.25, -0.2) is 0 Å². The van der Waals surface area contributed by atoms with E-state index in [1.165, 1.54) is 173 Å². The summed E-state index contributed by atoms with van der Waals surface area (Å²) in [6, 6.07) is 0. The van der Waals surface area contributed by atoms with Crippen LogP contribution in [-0.2, 0) is 23.8 Å². The molecule has 0 aromatic carbocycles. The predicted octanol–water partition coefficient (Wildman–Crippen LogP) is 20.2. The van der Waals surface area contributed by atoms with Gasteiger partial charge in [-0.2, -0.15) is 0 Å². The molecule has 0 rings (SSSR count). The summed E-state index contributed by atoms with van der Waals surface area (Å²) in [7, 11) is 0. The maximum absolute atomic E-state index is 12.9. The summed E-state index contributed by atoms with van der Waals surface area (Å²) in [5.74, 6) is -0.431. The summed E-state index contributed by atoms with van der Waals surface area (Å²) < 4.78 is 17.5. The van der Waals surface area contributed by atoms with E-state index in [1.807, 2.05) is 0 Å². The smallest absolute Gasteiger partial charge is 0.306 e. The van der Waals surface area contributed by atoms with E-state index in [0.29, 0.717) is 19.4 Å². The number of carbonyl (C=O) groups excluding carboxylic acids is 2. The third kappa shape index (κ3) is 55.9. The van der Waals surface area contributed by atoms with Gasteiger partial charge in [-0.1, -0.05) is 254 Å². The highest BCUT2D eigenvalue weighted by Gasteiger charge is 2.17. The molecule has 0 saturated heterocycles. The standard InChI is InChI=1S/C63H112O5/c1-4-7-10-13-16-19-22-25-28-31-32-34-36-39-42-45-48-51-54-57-63(65)68-61(59-66-58-55-52-49-46-43-40-37-30-27-24-21-18-15-12-9-6-3)60-67-62(64)56-53-50-47-44-41-38-35-33-29-26-23-20-17-14-11-8-5-2/h16-17,19-20,25-26,28-29,32,34,39,42,61H,4-15,18,21-24,27,30-31,33,35-38,40-41,43-60H2,1-3H3/b19-16-,20-17-,28-25-,29-26-,34-32-,42-39-/t61-/m1/s1. The van der Waals surface area contributed by atoms with E-state index in [0.717, 1.165) is 83.5 Å². The van der Waals surface area contributed by atoms with Crippen LogP contribution in [0.4, 0.5) is 0 Å². The van der Waals surface area contributed by atoms with Gasteiger partial charge in [-0.3, -0.25) is 9.59 Å². The van der Waals surface area contributed by atoms with Crippen molar-refractivity contribution in [1.29, 1.82) is 0 Å². The van der Waals surface area contributed by atoms with Crippen molar-refractivity contribution >= 4 is 11.9 Å². The molecule has 0 saturated carbocycles. The zero-order valence-corrected chi connectivity index (χ0v) is 45.4. The summed E-state index contributed by atoms with van der Waals surface area (Å²) in [5.41, 5.74) is 0. The molecule has 0 spiro atoms. The Labute approximate surface area is 423 Å². The van der Waals surface area contributed by atoms with Gasteiger partial charge in [-0.15, -0.1) is 0 Å². The van der Waals surface area contributed by atoms with Gasteiger partial charge in [0.05, 0.1) is 6.61 Å². The van der Waals surface area contributed by atoms with Crippen LogP contribution in [0.25, 0.3) is 0 Å². The molecule has 1 atom stereocenters. The Bertz CT molecular complexity index is 1210. The Morgan fingerprint density at radius 2 is 0.618 bits per heavy atom. The van der Waals surface area contributed by atoms with Gasteiger partial charge in [0.1, 0.15) is 6.61 Å². The molecule has 0 fully saturated rings. The highest BCUT2D eigenvalue weighted by atomic mass is 16.6. The van der Waals surface area contributed by atoms with Crippen molar-refractivity contribution in [2.75, 3.05) is 19.8 Å². The summed E-state index contributed by atoms with van der Waals surface area (Å²) in [6.45, 7) is 7.77. The lowest BCUT2D eigenvalue weighted by atomic mass is 10.0. The quantitative estimate of drug-likeness (QED) is 0.0345. The van der Waals surface area contributed by atoms with E-state index >= 15 is 0 Å². The SMILES string of the molecule is CCCCC/C=C\C/C=C\C/C=C\C/C=C\CCCCCC(=O)O[C@H](COCCCCCCCCCCCCCCCCCC)COC(=O)CCCCCCCCC/C=C\C/C=C\CCCCC. The molecule has 0 aliphatic rings. The molecular weight excluding hydrogens is 837 g/mol. The molecule has 5 heteroatoms. The zero-order valence-electron chi connectivity index (χ0n) is 45.4. The lowest BCUT2D eigenvalue weighted by molar-refractivity contribution is -0.163. The van der Waals surface area contributed by atoms with Gasteiger partial charge in [0.15, 0.2) is 6.10 Å². The highest BCUT2D eigenvalue weighted by Crippen LogP contribution is 2.15. The maximum Gasteiger partial charge on any atom is 0.306 e. The van der Waals surface area contributed by atoms with Gasteiger partial charge in [0.25, 0.3) is 0 Å². The number of hydrogen-bond acceptors (Lipinski definition) is 5. The third-order valence-electron chi connectivity index (χ3n) is 12.7. The second-order valence-corrected chi connectivity index (χ2v) is 19.5. The van der Waals surface area contributed by atoms with Crippen molar-refractivity contribution < 1.29 is 23.8 Å². The van der Waals surface area contributed by atoms with E-state index in [1.54, 1.807) is 0 Å². The highest BCUT2D eigenvalue weighted by molar-refractivity contribution is 5.70. The molecule has 394 valence electrons. The van der Waals surface area contributed by atoms with Crippen LogP contribution >= 0.6 is 0 Å². The topological polar surface area (TPSA) is 61.8 Å². The Morgan fingerprint density at radius 3 is 1.03 bits per heavy atom. The van der Waals surface area contributed by atoms with E-state index in [2.05, 4.69) is 93.7 Å². The molecule has 0 unspecified atom stereocenters. The fourth-order valence-corrected chi connectivity index (χ4v) is 8.29. The van der Waals surface area contributed by atoms with Crippen molar-refractivity contribution in [3.05, 3.63) is 72.9 Å².